The van der Waals surface area contributed by atoms with Crippen LogP contribution in [0.25, 0.3) is 0 Å². The second-order valence-corrected chi connectivity index (χ2v) is 4.27. The summed E-state index contributed by atoms with van der Waals surface area (Å²) in [5.41, 5.74) is 6.76. The van der Waals surface area contributed by atoms with Gasteiger partial charge in [0.25, 0.3) is 0 Å². The van der Waals surface area contributed by atoms with Crippen LogP contribution >= 0.6 is 0 Å². The molecule has 0 aromatic heterocycles. The molecule has 0 aliphatic carbocycles. The number of hydrogen-bond donors (Lipinski definition) is 1. The van der Waals surface area contributed by atoms with Crippen molar-refractivity contribution in [2.45, 2.75) is 26.2 Å². The molecule has 1 atom stereocenters. The first kappa shape index (κ1) is 14.1. The van der Waals surface area contributed by atoms with Crippen molar-refractivity contribution in [3.8, 4) is 0 Å². The molecule has 1 unspecified atom stereocenters. The molecule has 0 saturated carbocycles. The fraction of sp³-hybridized carbons (Fsp3) is 0.571. The Morgan fingerprint density at radius 1 is 1.41 bits per heavy atom. The monoisotopic (exact) mass is 239 g/mol. The third kappa shape index (κ3) is 5.80. The van der Waals surface area contributed by atoms with E-state index in [9.17, 15) is 4.39 Å². The second-order valence-electron chi connectivity index (χ2n) is 4.27. The lowest BCUT2D eigenvalue weighted by Crippen LogP contribution is -2.17. The van der Waals surface area contributed by atoms with Crippen molar-refractivity contribution < 1.29 is 9.13 Å². The molecule has 0 saturated heterocycles. The van der Waals surface area contributed by atoms with Gasteiger partial charge >= 0.3 is 0 Å². The molecule has 17 heavy (non-hydrogen) atoms. The summed E-state index contributed by atoms with van der Waals surface area (Å²) in [5.74, 6) is 0.241. The van der Waals surface area contributed by atoms with Gasteiger partial charge in [-0.15, -0.1) is 0 Å². The Kier molecular flexibility index (Phi) is 6.82. The van der Waals surface area contributed by atoms with E-state index in [0.717, 1.165) is 38.0 Å². The molecule has 1 aromatic carbocycles. The van der Waals surface area contributed by atoms with E-state index < -0.39 is 0 Å². The lowest BCUT2D eigenvalue weighted by atomic mass is 9.95. The minimum atomic E-state index is -0.174. The average molecular weight is 239 g/mol. The summed E-state index contributed by atoms with van der Waals surface area (Å²) in [4.78, 5) is 0. The average Bonchev–Trinajstić information content (AvgIpc) is 2.33. The zero-order chi connectivity index (χ0) is 12.5. The normalized spacial score (nSPS) is 12.6. The van der Waals surface area contributed by atoms with E-state index in [2.05, 4.69) is 0 Å². The molecule has 3 heteroatoms. The number of hydrogen-bond acceptors (Lipinski definition) is 2. The van der Waals surface area contributed by atoms with E-state index in [1.165, 1.54) is 6.07 Å². The fourth-order valence-corrected chi connectivity index (χ4v) is 1.92. The predicted octanol–water partition coefficient (Wildman–Crippen LogP) is 2.76. The number of ether oxygens (including phenoxy) is 1. The van der Waals surface area contributed by atoms with E-state index >= 15 is 0 Å². The Hall–Kier alpha value is -0.930. The molecule has 0 heterocycles. The standard InChI is InChI=1S/C14H22FNO/c1-2-17-8-4-6-13(11-16)9-12-5-3-7-14(15)10-12/h3,5,7,10,13H,2,4,6,8-9,11,16H2,1H3. The fourth-order valence-electron chi connectivity index (χ4n) is 1.92. The van der Waals surface area contributed by atoms with Crippen molar-refractivity contribution in [1.29, 1.82) is 0 Å². The Balaban J connectivity index is 2.35. The van der Waals surface area contributed by atoms with Crippen LogP contribution in [0, 0.1) is 11.7 Å². The summed E-state index contributed by atoms with van der Waals surface area (Å²) in [5, 5.41) is 0. The molecule has 0 amide bonds. The highest BCUT2D eigenvalue weighted by Crippen LogP contribution is 2.14. The van der Waals surface area contributed by atoms with Gasteiger partial charge in [-0.1, -0.05) is 12.1 Å². The van der Waals surface area contributed by atoms with E-state index in [0.29, 0.717) is 12.5 Å². The van der Waals surface area contributed by atoms with Gasteiger partial charge in [0.1, 0.15) is 5.82 Å². The topological polar surface area (TPSA) is 35.2 Å². The first-order valence-electron chi connectivity index (χ1n) is 6.28. The van der Waals surface area contributed by atoms with Crippen LogP contribution in [-0.2, 0) is 11.2 Å². The molecule has 0 bridgehead atoms. The van der Waals surface area contributed by atoms with Crippen LogP contribution in [0.3, 0.4) is 0 Å². The van der Waals surface area contributed by atoms with Crippen LogP contribution in [-0.4, -0.2) is 19.8 Å². The van der Waals surface area contributed by atoms with E-state index in [1.54, 1.807) is 12.1 Å². The first-order valence-corrected chi connectivity index (χ1v) is 6.28. The van der Waals surface area contributed by atoms with Gasteiger partial charge in [0, 0.05) is 13.2 Å². The van der Waals surface area contributed by atoms with Crippen LogP contribution in [0.4, 0.5) is 4.39 Å². The highest BCUT2D eigenvalue weighted by atomic mass is 19.1. The molecule has 1 aromatic rings. The molecule has 0 aliphatic rings. The van der Waals surface area contributed by atoms with Crippen LogP contribution in [0.5, 0.6) is 0 Å². The molecular formula is C14H22FNO. The quantitative estimate of drug-likeness (QED) is 0.708. The molecule has 96 valence electrons. The van der Waals surface area contributed by atoms with Crippen LogP contribution in [0.1, 0.15) is 25.3 Å². The molecule has 0 spiro atoms. The third-order valence-electron chi connectivity index (χ3n) is 2.85. The summed E-state index contributed by atoms with van der Waals surface area (Å²) in [6.07, 6.45) is 2.90. The molecule has 1 rings (SSSR count). The Morgan fingerprint density at radius 2 is 2.24 bits per heavy atom. The maximum atomic E-state index is 13.0. The summed E-state index contributed by atoms with van der Waals surface area (Å²) >= 11 is 0. The Bertz CT molecular complexity index is 317. The molecule has 0 aliphatic heterocycles. The molecular weight excluding hydrogens is 217 g/mol. The molecule has 0 fully saturated rings. The Morgan fingerprint density at radius 3 is 2.88 bits per heavy atom. The number of benzene rings is 1. The third-order valence-corrected chi connectivity index (χ3v) is 2.85. The van der Waals surface area contributed by atoms with Crippen LogP contribution in [0.2, 0.25) is 0 Å². The van der Waals surface area contributed by atoms with Crippen LogP contribution in [0.15, 0.2) is 24.3 Å². The van der Waals surface area contributed by atoms with Gasteiger partial charge in [-0.25, -0.2) is 4.39 Å². The Labute approximate surface area is 103 Å². The van der Waals surface area contributed by atoms with Gasteiger partial charge in [0.05, 0.1) is 0 Å². The van der Waals surface area contributed by atoms with Gasteiger partial charge in [-0.2, -0.15) is 0 Å². The van der Waals surface area contributed by atoms with Gasteiger partial charge in [0.2, 0.25) is 0 Å². The molecule has 2 N–H and O–H groups in total. The first-order chi connectivity index (χ1) is 8.26. The largest absolute Gasteiger partial charge is 0.382 e. The predicted molar refractivity (Wildman–Crippen MR) is 68.4 cm³/mol. The molecule has 0 radical (unpaired) electrons. The minimum Gasteiger partial charge on any atom is -0.382 e. The van der Waals surface area contributed by atoms with Crippen LogP contribution < -0.4 is 5.73 Å². The minimum absolute atomic E-state index is 0.174. The zero-order valence-corrected chi connectivity index (χ0v) is 10.5. The highest BCUT2D eigenvalue weighted by molar-refractivity contribution is 5.16. The van der Waals surface area contributed by atoms with Gasteiger partial charge in [0.15, 0.2) is 0 Å². The number of nitrogens with two attached hydrogens (primary N) is 1. The number of rotatable bonds is 8. The lowest BCUT2D eigenvalue weighted by molar-refractivity contribution is 0.139. The van der Waals surface area contributed by atoms with E-state index in [-0.39, 0.29) is 5.82 Å². The SMILES string of the molecule is CCOCCCC(CN)Cc1cccc(F)c1. The highest BCUT2D eigenvalue weighted by Gasteiger charge is 2.08. The van der Waals surface area contributed by atoms with Crippen molar-refractivity contribution in [2.24, 2.45) is 11.7 Å². The van der Waals surface area contributed by atoms with Crippen molar-refractivity contribution >= 4 is 0 Å². The summed E-state index contributed by atoms with van der Waals surface area (Å²) < 4.78 is 18.3. The van der Waals surface area contributed by atoms with Crippen molar-refractivity contribution in [1.82, 2.24) is 0 Å². The second kappa shape index (κ2) is 8.20. The van der Waals surface area contributed by atoms with Crippen molar-refractivity contribution in [2.75, 3.05) is 19.8 Å². The molecule has 2 nitrogen and oxygen atoms in total. The van der Waals surface area contributed by atoms with Crippen molar-refractivity contribution in [3.63, 3.8) is 0 Å². The maximum absolute atomic E-state index is 13.0. The van der Waals surface area contributed by atoms with E-state index in [4.69, 9.17) is 10.5 Å². The summed E-state index contributed by atoms with van der Waals surface area (Å²) in [6, 6.07) is 6.76. The smallest absolute Gasteiger partial charge is 0.123 e. The van der Waals surface area contributed by atoms with Crippen molar-refractivity contribution in [3.05, 3.63) is 35.6 Å². The van der Waals surface area contributed by atoms with Gasteiger partial charge in [-0.3, -0.25) is 0 Å². The summed E-state index contributed by atoms with van der Waals surface area (Å²) in [7, 11) is 0. The van der Waals surface area contributed by atoms with E-state index in [1.807, 2.05) is 13.0 Å². The summed E-state index contributed by atoms with van der Waals surface area (Å²) in [6.45, 7) is 4.18. The number of halogens is 1. The van der Waals surface area contributed by atoms with Gasteiger partial charge in [-0.05, 0) is 56.3 Å². The zero-order valence-electron chi connectivity index (χ0n) is 10.5. The maximum Gasteiger partial charge on any atom is 0.123 e. The lowest BCUT2D eigenvalue weighted by Gasteiger charge is -2.14. The van der Waals surface area contributed by atoms with Gasteiger partial charge < -0.3 is 10.5 Å².